The third-order valence-electron chi connectivity index (χ3n) is 2.97. The largest absolute Gasteiger partial charge is 0.394 e. The molecule has 2 N–H and O–H groups in total. The Morgan fingerprint density at radius 2 is 2.06 bits per heavy atom. The number of ether oxygens (including phenoxy) is 1. The van der Waals surface area contributed by atoms with Crippen LogP contribution in [0.2, 0.25) is 0 Å². The molecule has 0 amide bonds. The molecule has 0 aromatic carbocycles. The van der Waals surface area contributed by atoms with Crippen LogP contribution in [0, 0.1) is 6.92 Å². The van der Waals surface area contributed by atoms with Gasteiger partial charge in [0.2, 0.25) is 0 Å². The van der Waals surface area contributed by atoms with E-state index in [1.165, 1.54) is 0 Å². The maximum absolute atomic E-state index is 6.15. The van der Waals surface area contributed by atoms with Crippen LogP contribution in [0.15, 0.2) is 0 Å². The fourth-order valence-corrected chi connectivity index (χ4v) is 2.02. The second-order valence-electron chi connectivity index (χ2n) is 4.32. The molecule has 104 valence electrons. The van der Waals surface area contributed by atoms with Gasteiger partial charge in [0.25, 0.3) is 0 Å². The summed E-state index contributed by atoms with van der Waals surface area (Å²) in [6, 6.07) is 0. The molecular weight excluding hydrogens is 228 g/mol. The van der Waals surface area contributed by atoms with Gasteiger partial charge in [0, 0.05) is 26.2 Å². The van der Waals surface area contributed by atoms with Gasteiger partial charge in [-0.2, -0.15) is 5.10 Å². The number of nitrogens with two attached hydrogens (primary N) is 1. The molecule has 5 heteroatoms. The summed E-state index contributed by atoms with van der Waals surface area (Å²) in [5, 5.41) is 4.51. The summed E-state index contributed by atoms with van der Waals surface area (Å²) in [6.45, 7) is 12.4. The highest BCUT2D eigenvalue weighted by atomic mass is 16.5. The molecule has 1 aromatic heterocycles. The quantitative estimate of drug-likeness (QED) is 0.721. The molecule has 0 fully saturated rings. The Kier molecular flexibility index (Phi) is 5.98. The van der Waals surface area contributed by atoms with Gasteiger partial charge in [-0.3, -0.25) is 0 Å². The number of hydrogen-bond donors (Lipinski definition) is 1. The lowest BCUT2D eigenvalue weighted by atomic mass is 10.3. The average Bonchev–Trinajstić information content (AvgIpc) is 2.62. The van der Waals surface area contributed by atoms with Crippen molar-refractivity contribution in [2.24, 2.45) is 0 Å². The van der Waals surface area contributed by atoms with E-state index in [0.29, 0.717) is 0 Å². The van der Waals surface area contributed by atoms with E-state index in [1.807, 2.05) is 18.5 Å². The van der Waals surface area contributed by atoms with E-state index in [2.05, 4.69) is 23.8 Å². The molecule has 0 bridgehead atoms. The van der Waals surface area contributed by atoms with Crippen LogP contribution >= 0.6 is 0 Å². The molecule has 1 heterocycles. The number of hydrogen-bond acceptors (Lipinski definition) is 4. The average molecular weight is 254 g/mol. The first-order valence-electron chi connectivity index (χ1n) is 6.81. The summed E-state index contributed by atoms with van der Waals surface area (Å²) in [5.74, 6) is 1.04. The van der Waals surface area contributed by atoms with Crippen molar-refractivity contribution in [3.8, 4) is 0 Å². The Hall–Kier alpha value is -1.23. The van der Waals surface area contributed by atoms with Crippen LogP contribution < -0.4 is 10.6 Å². The van der Waals surface area contributed by atoms with Crippen LogP contribution in [-0.4, -0.2) is 36.1 Å². The Labute approximate surface area is 110 Å². The van der Waals surface area contributed by atoms with Crippen LogP contribution in [0.5, 0.6) is 0 Å². The molecule has 0 aliphatic heterocycles. The molecule has 0 spiro atoms. The summed E-state index contributed by atoms with van der Waals surface area (Å²) in [4.78, 5) is 2.24. The molecule has 0 saturated carbocycles. The number of aryl methyl sites for hydroxylation is 2. The van der Waals surface area contributed by atoms with E-state index in [1.54, 1.807) is 0 Å². The summed E-state index contributed by atoms with van der Waals surface area (Å²) < 4.78 is 7.44. The number of anilines is 2. The van der Waals surface area contributed by atoms with Crippen molar-refractivity contribution in [3.05, 3.63) is 5.69 Å². The number of nitrogens with zero attached hydrogens (tertiary/aromatic N) is 3. The van der Waals surface area contributed by atoms with Crippen molar-refractivity contribution in [3.63, 3.8) is 0 Å². The number of aromatic nitrogens is 2. The second kappa shape index (κ2) is 7.26. The van der Waals surface area contributed by atoms with Crippen LogP contribution in [0.4, 0.5) is 11.5 Å². The zero-order valence-electron chi connectivity index (χ0n) is 12.1. The molecule has 1 aromatic rings. The summed E-state index contributed by atoms with van der Waals surface area (Å²) in [7, 11) is 0. The Bertz CT molecular complexity index is 362. The van der Waals surface area contributed by atoms with Crippen LogP contribution in [0.25, 0.3) is 0 Å². The topological polar surface area (TPSA) is 56.3 Å². The maximum Gasteiger partial charge on any atom is 0.150 e. The minimum Gasteiger partial charge on any atom is -0.394 e. The highest BCUT2D eigenvalue weighted by molar-refractivity contribution is 5.66. The molecule has 0 aliphatic rings. The molecule has 0 radical (unpaired) electrons. The summed E-state index contributed by atoms with van der Waals surface area (Å²) in [5.41, 5.74) is 7.85. The minimum atomic E-state index is 0.722. The Balaban J connectivity index is 2.88. The van der Waals surface area contributed by atoms with Crippen LogP contribution in [-0.2, 0) is 11.3 Å². The molecule has 5 nitrogen and oxygen atoms in total. The lowest BCUT2D eigenvalue weighted by Gasteiger charge is -2.24. The molecule has 18 heavy (non-hydrogen) atoms. The number of nitrogen functional groups attached to an aromatic ring is 1. The second-order valence-corrected chi connectivity index (χ2v) is 4.32. The highest BCUT2D eigenvalue weighted by Crippen LogP contribution is 2.26. The fourth-order valence-electron chi connectivity index (χ4n) is 2.02. The number of likely N-dealkylation sites (N-methyl/N-ethyl adjacent to an activating group) is 1. The van der Waals surface area contributed by atoms with Gasteiger partial charge in [0.15, 0.2) is 5.82 Å². The van der Waals surface area contributed by atoms with Gasteiger partial charge in [0.1, 0.15) is 0 Å². The van der Waals surface area contributed by atoms with Crippen LogP contribution in [0.3, 0.4) is 0 Å². The zero-order valence-corrected chi connectivity index (χ0v) is 12.1. The third-order valence-corrected chi connectivity index (χ3v) is 2.97. The summed E-state index contributed by atoms with van der Waals surface area (Å²) >= 11 is 0. The van der Waals surface area contributed by atoms with Crippen molar-refractivity contribution in [1.29, 1.82) is 0 Å². The smallest absolute Gasteiger partial charge is 0.150 e. The first kappa shape index (κ1) is 14.8. The zero-order chi connectivity index (χ0) is 13.5. The maximum atomic E-state index is 6.15. The number of rotatable bonds is 8. The Morgan fingerprint density at radius 1 is 1.33 bits per heavy atom. The van der Waals surface area contributed by atoms with Gasteiger partial charge >= 0.3 is 0 Å². The third kappa shape index (κ3) is 3.38. The fraction of sp³-hybridized carbons (Fsp3) is 0.769. The van der Waals surface area contributed by atoms with E-state index in [-0.39, 0.29) is 0 Å². The molecule has 0 unspecified atom stereocenters. The van der Waals surface area contributed by atoms with E-state index in [9.17, 15) is 0 Å². The molecule has 0 saturated heterocycles. The van der Waals surface area contributed by atoms with Crippen molar-refractivity contribution < 1.29 is 4.74 Å². The monoisotopic (exact) mass is 254 g/mol. The lowest BCUT2D eigenvalue weighted by Crippen LogP contribution is -2.30. The first-order chi connectivity index (χ1) is 8.65. The minimum absolute atomic E-state index is 0.722. The predicted octanol–water partition coefficient (Wildman–Crippen LogP) is 2.05. The van der Waals surface area contributed by atoms with Gasteiger partial charge in [-0.05, 0) is 27.2 Å². The van der Waals surface area contributed by atoms with E-state index in [0.717, 1.165) is 56.5 Å². The lowest BCUT2D eigenvalue weighted by molar-refractivity contribution is 0.153. The SMILES string of the molecule is CCCn1nc(C)c(N)c1N(CC)CCOCC. The predicted molar refractivity (Wildman–Crippen MR) is 76.0 cm³/mol. The van der Waals surface area contributed by atoms with Gasteiger partial charge < -0.3 is 15.4 Å². The van der Waals surface area contributed by atoms with Crippen molar-refractivity contribution in [1.82, 2.24) is 9.78 Å². The van der Waals surface area contributed by atoms with Gasteiger partial charge in [-0.25, -0.2) is 4.68 Å². The van der Waals surface area contributed by atoms with E-state index >= 15 is 0 Å². The van der Waals surface area contributed by atoms with Gasteiger partial charge in [-0.1, -0.05) is 6.92 Å². The van der Waals surface area contributed by atoms with E-state index in [4.69, 9.17) is 10.5 Å². The highest BCUT2D eigenvalue weighted by Gasteiger charge is 2.17. The molecule has 0 aliphatic carbocycles. The van der Waals surface area contributed by atoms with Crippen molar-refractivity contribution >= 4 is 11.5 Å². The first-order valence-corrected chi connectivity index (χ1v) is 6.81. The molecule has 0 atom stereocenters. The molecular formula is C13H26N4O. The van der Waals surface area contributed by atoms with Crippen LogP contribution in [0.1, 0.15) is 32.9 Å². The van der Waals surface area contributed by atoms with E-state index < -0.39 is 0 Å². The van der Waals surface area contributed by atoms with Gasteiger partial charge in [0.05, 0.1) is 18.0 Å². The molecule has 1 rings (SSSR count). The standard InChI is InChI=1S/C13H26N4O/c1-5-8-17-13(12(14)11(4)15-17)16(6-2)9-10-18-7-3/h5-10,14H2,1-4H3. The Morgan fingerprint density at radius 3 is 2.61 bits per heavy atom. The van der Waals surface area contributed by atoms with Crippen molar-refractivity contribution in [2.75, 3.05) is 36.9 Å². The van der Waals surface area contributed by atoms with Crippen molar-refractivity contribution in [2.45, 2.75) is 40.7 Å². The normalized spacial score (nSPS) is 10.9. The summed E-state index contributed by atoms with van der Waals surface area (Å²) in [6.07, 6.45) is 1.05. The van der Waals surface area contributed by atoms with Gasteiger partial charge in [-0.15, -0.1) is 0 Å².